The van der Waals surface area contributed by atoms with Gasteiger partial charge in [0.15, 0.2) is 0 Å². The fraction of sp³-hybridized carbons (Fsp3) is 0.318. The third-order valence-electron chi connectivity index (χ3n) is 5.34. The minimum atomic E-state index is -4.55. The second kappa shape index (κ2) is 8.47. The van der Waals surface area contributed by atoms with Gasteiger partial charge < -0.3 is 10.6 Å². The molecule has 4 rings (SSSR count). The molecule has 4 nitrogen and oxygen atoms in total. The molecule has 2 N–H and O–H groups in total. The molecule has 0 unspecified atom stereocenters. The molecule has 0 saturated carbocycles. The molecule has 1 aliphatic heterocycles. The molecule has 0 radical (unpaired) electrons. The average Bonchev–Trinajstić information content (AvgIpc) is 3.23. The molecule has 0 aliphatic carbocycles. The number of hydrogen-bond acceptors (Lipinski definition) is 3. The molecule has 1 aliphatic rings. The number of nitrogens with zero attached hydrogens (tertiary/aromatic N) is 2. The van der Waals surface area contributed by atoms with Gasteiger partial charge in [-0.25, -0.2) is 4.39 Å². The first-order chi connectivity index (χ1) is 14.4. The Morgan fingerprint density at radius 1 is 1.03 bits per heavy atom. The van der Waals surface area contributed by atoms with E-state index in [9.17, 15) is 17.6 Å². The van der Waals surface area contributed by atoms with Crippen LogP contribution in [0.2, 0.25) is 0 Å². The Morgan fingerprint density at radius 3 is 2.43 bits per heavy atom. The van der Waals surface area contributed by atoms with Crippen LogP contribution < -0.4 is 10.6 Å². The monoisotopic (exact) mass is 418 g/mol. The van der Waals surface area contributed by atoms with Gasteiger partial charge in [0.2, 0.25) is 0 Å². The molecule has 3 aromatic rings. The van der Waals surface area contributed by atoms with Crippen LogP contribution in [0.25, 0.3) is 11.3 Å². The number of hydrogen-bond donors (Lipinski definition) is 2. The van der Waals surface area contributed by atoms with Gasteiger partial charge in [0.05, 0.1) is 17.3 Å². The lowest BCUT2D eigenvalue weighted by atomic mass is 10.1. The molecule has 1 saturated heterocycles. The fourth-order valence-electron chi connectivity index (χ4n) is 3.59. The van der Waals surface area contributed by atoms with E-state index in [-0.39, 0.29) is 12.1 Å². The quantitative estimate of drug-likeness (QED) is 0.557. The zero-order chi connectivity index (χ0) is 21.1. The van der Waals surface area contributed by atoms with Gasteiger partial charge in [0.1, 0.15) is 5.82 Å². The van der Waals surface area contributed by atoms with Gasteiger partial charge in [-0.2, -0.15) is 18.3 Å². The van der Waals surface area contributed by atoms with E-state index in [0.717, 1.165) is 55.0 Å². The Bertz CT molecular complexity index is 989. The van der Waals surface area contributed by atoms with Gasteiger partial charge in [-0.1, -0.05) is 18.2 Å². The molecular formula is C22H22F4N4. The molecule has 2 heterocycles. The lowest BCUT2D eigenvalue weighted by Gasteiger charge is -2.22. The summed E-state index contributed by atoms with van der Waals surface area (Å²) in [5, 5.41) is 11.1. The van der Waals surface area contributed by atoms with Crippen molar-refractivity contribution < 1.29 is 17.6 Å². The zero-order valence-corrected chi connectivity index (χ0v) is 16.2. The van der Waals surface area contributed by atoms with E-state index in [4.69, 9.17) is 5.10 Å². The van der Waals surface area contributed by atoms with Crippen LogP contribution in [0.3, 0.4) is 0 Å². The van der Waals surface area contributed by atoms with E-state index in [1.807, 2.05) is 41.2 Å². The summed E-state index contributed by atoms with van der Waals surface area (Å²) < 4.78 is 53.9. The van der Waals surface area contributed by atoms with Crippen LogP contribution in [0, 0.1) is 5.82 Å². The van der Waals surface area contributed by atoms with Crippen molar-refractivity contribution >= 4 is 5.69 Å². The highest BCUT2D eigenvalue weighted by molar-refractivity contribution is 5.62. The first kappa shape index (κ1) is 20.4. The molecule has 8 heteroatoms. The van der Waals surface area contributed by atoms with Crippen LogP contribution in [0.15, 0.2) is 54.7 Å². The Hall–Kier alpha value is -2.87. The van der Waals surface area contributed by atoms with Crippen molar-refractivity contribution in [2.75, 3.05) is 18.4 Å². The number of halogens is 4. The summed E-state index contributed by atoms with van der Waals surface area (Å²) in [5.74, 6) is -0.877. The van der Waals surface area contributed by atoms with Crippen molar-refractivity contribution in [2.24, 2.45) is 0 Å². The molecule has 0 atom stereocenters. The molecular weight excluding hydrogens is 396 g/mol. The Balaban J connectivity index is 1.39. The predicted molar refractivity (Wildman–Crippen MR) is 108 cm³/mol. The lowest BCUT2D eigenvalue weighted by molar-refractivity contribution is -0.137. The smallest absolute Gasteiger partial charge is 0.381 e. The molecule has 0 amide bonds. The number of nitrogens with one attached hydrogen (secondary N) is 2. The summed E-state index contributed by atoms with van der Waals surface area (Å²) in [7, 11) is 0. The Labute approximate surface area is 171 Å². The van der Waals surface area contributed by atoms with Crippen LogP contribution >= 0.6 is 0 Å². The van der Waals surface area contributed by atoms with Crippen molar-refractivity contribution in [1.82, 2.24) is 15.1 Å². The summed E-state index contributed by atoms with van der Waals surface area (Å²) >= 11 is 0. The highest BCUT2D eigenvalue weighted by atomic mass is 19.4. The van der Waals surface area contributed by atoms with Gasteiger partial charge in [-0.3, -0.25) is 4.68 Å². The van der Waals surface area contributed by atoms with Gasteiger partial charge in [-0.05, 0) is 56.3 Å². The van der Waals surface area contributed by atoms with E-state index in [1.54, 1.807) is 0 Å². The van der Waals surface area contributed by atoms with E-state index in [2.05, 4.69) is 10.6 Å². The van der Waals surface area contributed by atoms with Gasteiger partial charge in [0.25, 0.3) is 0 Å². The van der Waals surface area contributed by atoms with Crippen LogP contribution in [0.4, 0.5) is 23.2 Å². The second-order valence-electron chi connectivity index (χ2n) is 7.40. The van der Waals surface area contributed by atoms with Crippen molar-refractivity contribution in [1.29, 1.82) is 0 Å². The lowest BCUT2D eigenvalue weighted by Crippen LogP contribution is -2.29. The summed E-state index contributed by atoms with van der Waals surface area (Å²) in [6, 6.07) is 12.5. The largest absolute Gasteiger partial charge is 0.416 e. The van der Waals surface area contributed by atoms with E-state index >= 15 is 0 Å². The maximum Gasteiger partial charge on any atom is 0.416 e. The molecule has 1 aromatic heterocycles. The number of rotatable bonds is 5. The summed E-state index contributed by atoms with van der Waals surface area (Å²) in [5.41, 5.74) is 1.78. The Morgan fingerprint density at radius 2 is 1.77 bits per heavy atom. The molecule has 158 valence electrons. The zero-order valence-electron chi connectivity index (χ0n) is 16.2. The summed E-state index contributed by atoms with van der Waals surface area (Å²) in [6.07, 6.45) is -0.427. The minimum absolute atomic E-state index is 0.0909. The van der Waals surface area contributed by atoms with Crippen molar-refractivity contribution in [3.05, 3.63) is 71.7 Å². The van der Waals surface area contributed by atoms with Crippen LogP contribution in [0.1, 0.15) is 30.0 Å². The SMILES string of the molecule is Fc1cc(C(F)(F)F)ccc1CNc1ccc(-c2ccn(C3CCNCC3)n2)cc1. The van der Waals surface area contributed by atoms with E-state index in [0.29, 0.717) is 12.1 Å². The Kier molecular flexibility index (Phi) is 5.76. The minimum Gasteiger partial charge on any atom is -0.381 e. The topological polar surface area (TPSA) is 41.9 Å². The van der Waals surface area contributed by atoms with E-state index in [1.165, 1.54) is 0 Å². The van der Waals surface area contributed by atoms with Gasteiger partial charge in [0, 0.05) is 29.6 Å². The van der Waals surface area contributed by atoms with E-state index < -0.39 is 17.6 Å². The average molecular weight is 418 g/mol. The number of anilines is 1. The second-order valence-corrected chi connectivity index (χ2v) is 7.40. The van der Waals surface area contributed by atoms with Gasteiger partial charge in [-0.15, -0.1) is 0 Å². The summed E-state index contributed by atoms with van der Waals surface area (Å²) in [4.78, 5) is 0. The molecule has 2 aromatic carbocycles. The standard InChI is InChI=1S/C22H22F4N4/c23-20-13-17(22(24,25)26)4-1-16(20)14-28-18-5-2-15(3-6-18)21-9-12-30(29-21)19-7-10-27-11-8-19/h1-6,9,12-13,19,27-28H,7-8,10-11,14H2. The highest BCUT2D eigenvalue weighted by Crippen LogP contribution is 2.30. The number of benzene rings is 2. The third kappa shape index (κ3) is 4.64. The first-order valence-corrected chi connectivity index (χ1v) is 9.86. The number of aromatic nitrogens is 2. The normalized spacial score (nSPS) is 15.3. The van der Waals surface area contributed by atoms with Gasteiger partial charge >= 0.3 is 6.18 Å². The van der Waals surface area contributed by atoms with Crippen molar-refractivity contribution in [3.8, 4) is 11.3 Å². The molecule has 0 bridgehead atoms. The highest BCUT2D eigenvalue weighted by Gasteiger charge is 2.31. The third-order valence-corrected chi connectivity index (χ3v) is 5.34. The maximum absolute atomic E-state index is 14.0. The fourth-order valence-corrected chi connectivity index (χ4v) is 3.59. The molecule has 1 fully saturated rings. The predicted octanol–water partition coefficient (Wildman–Crippen LogP) is 5.24. The molecule has 30 heavy (non-hydrogen) atoms. The maximum atomic E-state index is 14.0. The number of alkyl halides is 3. The van der Waals surface area contributed by atoms with Crippen molar-refractivity contribution in [3.63, 3.8) is 0 Å². The van der Waals surface area contributed by atoms with Crippen LogP contribution in [-0.4, -0.2) is 22.9 Å². The van der Waals surface area contributed by atoms with Crippen molar-refractivity contribution in [2.45, 2.75) is 31.6 Å². The number of piperidine rings is 1. The first-order valence-electron chi connectivity index (χ1n) is 9.86. The molecule has 0 spiro atoms. The van der Waals surface area contributed by atoms with Crippen LogP contribution in [0.5, 0.6) is 0 Å². The summed E-state index contributed by atoms with van der Waals surface area (Å²) in [6.45, 7) is 2.09. The van der Waals surface area contributed by atoms with Crippen LogP contribution in [-0.2, 0) is 12.7 Å².